The Morgan fingerprint density at radius 1 is 1.33 bits per heavy atom. The number of nitrogens with two attached hydrogens (primary N) is 1. The summed E-state index contributed by atoms with van der Waals surface area (Å²) in [5, 5.41) is 11.1. The second-order valence-electron chi connectivity index (χ2n) is 7.20. The number of nitrogens with zero attached hydrogens (tertiary/aromatic N) is 3. The molecule has 0 spiro atoms. The molecule has 130 valence electrons. The van der Waals surface area contributed by atoms with Crippen molar-refractivity contribution in [2.24, 2.45) is 11.1 Å². The monoisotopic (exact) mass is 329 g/mol. The summed E-state index contributed by atoms with van der Waals surface area (Å²) in [6.45, 7) is 9.95. The smallest absolute Gasteiger partial charge is 0.251 e. The van der Waals surface area contributed by atoms with E-state index >= 15 is 0 Å². The number of hydrogen-bond acceptors (Lipinski definition) is 4. The third-order valence-electron chi connectivity index (χ3n) is 3.94. The van der Waals surface area contributed by atoms with Gasteiger partial charge in [0.2, 0.25) is 0 Å². The van der Waals surface area contributed by atoms with Crippen LogP contribution in [0.4, 0.5) is 0 Å². The molecule has 1 amide bonds. The first-order valence-corrected chi connectivity index (χ1v) is 8.28. The van der Waals surface area contributed by atoms with Crippen molar-refractivity contribution in [3.05, 3.63) is 47.3 Å². The molecule has 24 heavy (non-hydrogen) atoms. The maximum Gasteiger partial charge on any atom is 0.251 e. The van der Waals surface area contributed by atoms with E-state index in [2.05, 4.69) is 43.3 Å². The molecule has 0 unspecified atom stereocenters. The third kappa shape index (κ3) is 4.64. The van der Waals surface area contributed by atoms with Crippen molar-refractivity contribution in [1.82, 2.24) is 20.3 Å². The van der Waals surface area contributed by atoms with Crippen LogP contribution in [0.1, 0.15) is 55.2 Å². The quantitative estimate of drug-likeness (QED) is 0.816. The van der Waals surface area contributed by atoms with Crippen molar-refractivity contribution in [3.63, 3.8) is 0 Å². The first kappa shape index (κ1) is 18.1. The molecule has 0 atom stereocenters. The fourth-order valence-electron chi connectivity index (χ4n) is 2.63. The van der Waals surface area contributed by atoms with E-state index in [4.69, 9.17) is 5.73 Å². The second-order valence-corrected chi connectivity index (χ2v) is 7.20. The number of carbonyl (C=O) groups is 1. The summed E-state index contributed by atoms with van der Waals surface area (Å²) >= 11 is 0. The molecule has 0 bridgehead atoms. The van der Waals surface area contributed by atoms with E-state index in [9.17, 15) is 4.79 Å². The predicted octanol–water partition coefficient (Wildman–Crippen LogP) is 2.32. The number of rotatable bonds is 7. The van der Waals surface area contributed by atoms with Crippen LogP contribution in [-0.4, -0.2) is 27.4 Å². The summed E-state index contributed by atoms with van der Waals surface area (Å²) in [6.07, 6.45) is 1.84. The lowest BCUT2D eigenvalue weighted by Gasteiger charge is -2.25. The van der Waals surface area contributed by atoms with Gasteiger partial charge in [-0.2, -0.15) is 0 Å². The summed E-state index contributed by atoms with van der Waals surface area (Å²) in [5.41, 5.74) is 7.98. The fraction of sp³-hybridized carbons (Fsp3) is 0.500. The highest BCUT2D eigenvalue weighted by molar-refractivity contribution is 5.95. The standard InChI is InChI=1S/C18H27N5O/c1-13(2)15-7-5-6-8-16(15)17(24)20-11-18(3,4)12-23-10-14(9-19)21-22-23/h5-8,10,13H,9,11-12,19H2,1-4H3,(H,20,24). The maximum atomic E-state index is 12.6. The Morgan fingerprint density at radius 2 is 2.04 bits per heavy atom. The van der Waals surface area contributed by atoms with Gasteiger partial charge in [0.15, 0.2) is 0 Å². The van der Waals surface area contributed by atoms with Crippen molar-refractivity contribution >= 4 is 5.91 Å². The molecule has 0 aliphatic rings. The van der Waals surface area contributed by atoms with E-state index in [1.54, 1.807) is 4.68 Å². The van der Waals surface area contributed by atoms with Gasteiger partial charge in [0.25, 0.3) is 5.91 Å². The van der Waals surface area contributed by atoms with Crippen LogP contribution in [0.2, 0.25) is 0 Å². The first-order chi connectivity index (χ1) is 11.3. The lowest BCUT2D eigenvalue weighted by Crippen LogP contribution is -2.37. The van der Waals surface area contributed by atoms with Crippen LogP contribution >= 0.6 is 0 Å². The van der Waals surface area contributed by atoms with Crippen molar-refractivity contribution in [1.29, 1.82) is 0 Å². The Balaban J connectivity index is 1.99. The van der Waals surface area contributed by atoms with Gasteiger partial charge in [-0.15, -0.1) is 5.10 Å². The van der Waals surface area contributed by atoms with Crippen LogP contribution in [0.3, 0.4) is 0 Å². The molecule has 1 aromatic carbocycles. The molecule has 0 saturated heterocycles. The number of amides is 1. The highest BCUT2D eigenvalue weighted by Crippen LogP contribution is 2.20. The van der Waals surface area contributed by atoms with Gasteiger partial charge in [-0.1, -0.05) is 51.1 Å². The van der Waals surface area contributed by atoms with Crippen LogP contribution in [0.15, 0.2) is 30.5 Å². The average Bonchev–Trinajstić information content (AvgIpc) is 2.99. The molecule has 0 fully saturated rings. The van der Waals surface area contributed by atoms with Gasteiger partial charge >= 0.3 is 0 Å². The van der Waals surface area contributed by atoms with Crippen LogP contribution in [0.5, 0.6) is 0 Å². The summed E-state index contributed by atoms with van der Waals surface area (Å²) in [4.78, 5) is 12.6. The Hall–Kier alpha value is -2.21. The molecule has 6 nitrogen and oxygen atoms in total. The largest absolute Gasteiger partial charge is 0.351 e. The van der Waals surface area contributed by atoms with E-state index in [1.807, 2.05) is 30.5 Å². The van der Waals surface area contributed by atoms with Crippen LogP contribution < -0.4 is 11.1 Å². The molecule has 3 N–H and O–H groups in total. The second kappa shape index (κ2) is 7.57. The molecule has 0 radical (unpaired) electrons. The molecule has 1 heterocycles. The van der Waals surface area contributed by atoms with E-state index in [1.165, 1.54) is 0 Å². The molecule has 0 saturated carbocycles. The minimum Gasteiger partial charge on any atom is -0.351 e. The molecule has 2 aromatic rings. The Labute approximate surface area is 143 Å². The van der Waals surface area contributed by atoms with Gasteiger partial charge < -0.3 is 11.1 Å². The highest BCUT2D eigenvalue weighted by Gasteiger charge is 2.22. The maximum absolute atomic E-state index is 12.6. The minimum atomic E-state index is -0.151. The van der Waals surface area contributed by atoms with Gasteiger partial charge in [0.05, 0.1) is 5.69 Å². The Bertz CT molecular complexity index is 690. The Morgan fingerprint density at radius 3 is 2.67 bits per heavy atom. The molecule has 2 rings (SSSR count). The van der Waals surface area contributed by atoms with Crippen LogP contribution in [-0.2, 0) is 13.1 Å². The van der Waals surface area contributed by atoms with Gasteiger partial charge in [0.1, 0.15) is 0 Å². The van der Waals surface area contributed by atoms with Crippen molar-refractivity contribution in [3.8, 4) is 0 Å². The minimum absolute atomic E-state index is 0.0337. The molecular weight excluding hydrogens is 302 g/mol. The molecule has 0 aliphatic carbocycles. The summed E-state index contributed by atoms with van der Waals surface area (Å²) < 4.78 is 1.77. The zero-order valence-electron chi connectivity index (χ0n) is 14.9. The van der Waals surface area contributed by atoms with Crippen molar-refractivity contribution < 1.29 is 4.79 Å². The summed E-state index contributed by atoms with van der Waals surface area (Å²) in [5.74, 6) is 0.276. The van der Waals surface area contributed by atoms with Crippen molar-refractivity contribution in [2.45, 2.75) is 46.7 Å². The lowest BCUT2D eigenvalue weighted by molar-refractivity contribution is 0.0930. The van der Waals surface area contributed by atoms with Crippen LogP contribution in [0.25, 0.3) is 0 Å². The van der Waals surface area contributed by atoms with Gasteiger partial charge in [0, 0.05) is 36.8 Å². The highest BCUT2D eigenvalue weighted by atomic mass is 16.1. The van der Waals surface area contributed by atoms with E-state index in [0.29, 0.717) is 25.6 Å². The van der Waals surface area contributed by atoms with Gasteiger partial charge in [-0.25, -0.2) is 0 Å². The fourth-order valence-corrected chi connectivity index (χ4v) is 2.63. The molecule has 0 aliphatic heterocycles. The summed E-state index contributed by atoms with van der Waals surface area (Å²) in [7, 11) is 0. The zero-order valence-corrected chi connectivity index (χ0v) is 14.9. The van der Waals surface area contributed by atoms with E-state index < -0.39 is 0 Å². The SMILES string of the molecule is CC(C)c1ccccc1C(=O)NCC(C)(C)Cn1cc(CN)nn1. The van der Waals surface area contributed by atoms with Crippen LogP contribution in [0, 0.1) is 5.41 Å². The predicted molar refractivity (Wildman–Crippen MR) is 94.6 cm³/mol. The lowest BCUT2D eigenvalue weighted by atomic mass is 9.92. The van der Waals surface area contributed by atoms with Crippen molar-refractivity contribution in [2.75, 3.05) is 6.54 Å². The molecule has 1 aromatic heterocycles. The first-order valence-electron chi connectivity index (χ1n) is 8.28. The molecule has 6 heteroatoms. The average molecular weight is 329 g/mol. The summed E-state index contributed by atoms with van der Waals surface area (Å²) in [6, 6.07) is 7.75. The van der Waals surface area contributed by atoms with E-state index in [0.717, 1.165) is 16.8 Å². The normalized spacial score (nSPS) is 11.8. The van der Waals surface area contributed by atoms with E-state index in [-0.39, 0.29) is 11.3 Å². The Kier molecular flexibility index (Phi) is 5.72. The zero-order chi connectivity index (χ0) is 17.7. The number of aromatic nitrogens is 3. The number of hydrogen-bond donors (Lipinski definition) is 2. The number of nitrogens with one attached hydrogen (secondary N) is 1. The third-order valence-corrected chi connectivity index (χ3v) is 3.94. The topological polar surface area (TPSA) is 85.8 Å². The molecular formula is C18H27N5O. The van der Waals surface area contributed by atoms with Gasteiger partial charge in [-0.3, -0.25) is 9.48 Å². The number of benzene rings is 1. The van der Waals surface area contributed by atoms with Gasteiger partial charge in [-0.05, 0) is 17.5 Å². The number of carbonyl (C=O) groups excluding carboxylic acids is 1.